The lowest BCUT2D eigenvalue weighted by molar-refractivity contribution is 0.201. The monoisotopic (exact) mass is 258 g/mol. The summed E-state index contributed by atoms with van der Waals surface area (Å²) >= 11 is 0. The number of hydrogen-bond acceptors (Lipinski definition) is 2. The van der Waals surface area contributed by atoms with Gasteiger partial charge in [-0.15, -0.1) is 0 Å². The molecular formula is C17H26N2. The van der Waals surface area contributed by atoms with Crippen molar-refractivity contribution in [3.05, 3.63) is 29.8 Å². The second-order valence-electron chi connectivity index (χ2n) is 6.30. The molecule has 0 spiro atoms. The molecule has 2 unspecified atom stereocenters. The average Bonchev–Trinajstić information content (AvgIpc) is 2.77. The van der Waals surface area contributed by atoms with E-state index in [2.05, 4.69) is 41.4 Å². The normalized spacial score (nSPS) is 28.9. The maximum Gasteiger partial charge on any atom is 0.0373 e. The van der Waals surface area contributed by atoms with Crippen LogP contribution in [-0.4, -0.2) is 30.6 Å². The van der Waals surface area contributed by atoms with Crippen LogP contribution in [0.3, 0.4) is 0 Å². The van der Waals surface area contributed by atoms with Gasteiger partial charge in [0.25, 0.3) is 0 Å². The predicted molar refractivity (Wildman–Crippen MR) is 81.6 cm³/mol. The third-order valence-electron chi connectivity index (χ3n) is 4.86. The third kappa shape index (κ3) is 3.11. The number of aryl methyl sites for hydroxylation is 1. The Morgan fingerprint density at radius 2 is 2.00 bits per heavy atom. The Morgan fingerprint density at radius 1 is 1.11 bits per heavy atom. The fourth-order valence-electron chi connectivity index (χ4n) is 3.52. The molecule has 0 saturated carbocycles. The molecule has 19 heavy (non-hydrogen) atoms. The summed E-state index contributed by atoms with van der Waals surface area (Å²) in [6, 6.07) is 9.52. The van der Waals surface area contributed by atoms with Crippen molar-refractivity contribution in [2.45, 2.75) is 45.1 Å². The van der Waals surface area contributed by atoms with Crippen LogP contribution in [0.1, 0.15) is 38.2 Å². The highest BCUT2D eigenvalue weighted by Gasteiger charge is 2.23. The van der Waals surface area contributed by atoms with E-state index < -0.39 is 0 Å². The molecule has 2 aliphatic heterocycles. The van der Waals surface area contributed by atoms with Crippen LogP contribution in [-0.2, 0) is 6.42 Å². The van der Waals surface area contributed by atoms with E-state index >= 15 is 0 Å². The van der Waals surface area contributed by atoms with Gasteiger partial charge in [-0.3, -0.25) is 4.90 Å². The zero-order valence-corrected chi connectivity index (χ0v) is 12.1. The Balaban J connectivity index is 1.65. The van der Waals surface area contributed by atoms with Crippen LogP contribution in [0.5, 0.6) is 0 Å². The molecule has 2 heterocycles. The molecule has 0 amide bonds. The zero-order valence-electron chi connectivity index (χ0n) is 12.1. The quantitative estimate of drug-likeness (QED) is 0.829. The fourth-order valence-corrected chi connectivity index (χ4v) is 3.52. The average molecular weight is 258 g/mol. The molecule has 1 aromatic rings. The molecule has 2 nitrogen and oxygen atoms in total. The van der Waals surface area contributed by atoms with Crippen molar-refractivity contribution in [1.29, 1.82) is 0 Å². The molecule has 0 aliphatic carbocycles. The number of para-hydroxylation sites is 1. The molecule has 1 aromatic carbocycles. The fraction of sp³-hybridized carbons (Fsp3) is 0.647. The van der Waals surface area contributed by atoms with Gasteiger partial charge < -0.3 is 5.32 Å². The summed E-state index contributed by atoms with van der Waals surface area (Å²) in [6.45, 7) is 6.12. The van der Waals surface area contributed by atoms with E-state index in [1.165, 1.54) is 56.4 Å². The molecule has 3 rings (SSSR count). The first-order valence-electron chi connectivity index (χ1n) is 7.89. The molecule has 2 aliphatic rings. The Labute approximate surface area is 117 Å². The molecule has 1 fully saturated rings. The Bertz CT molecular complexity index is 388. The number of benzene rings is 1. The van der Waals surface area contributed by atoms with E-state index in [1.807, 2.05) is 0 Å². The molecule has 0 bridgehead atoms. The summed E-state index contributed by atoms with van der Waals surface area (Å²) in [6.07, 6.45) is 6.70. The zero-order chi connectivity index (χ0) is 13.1. The largest absolute Gasteiger partial charge is 0.383 e. The summed E-state index contributed by atoms with van der Waals surface area (Å²) in [4.78, 5) is 2.74. The second-order valence-corrected chi connectivity index (χ2v) is 6.30. The van der Waals surface area contributed by atoms with Crippen molar-refractivity contribution < 1.29 is 0 Å². The van der Waals surface area contributed by atoms with Crippen LogP contribution >= 0.6 is 0 Å². The Kier molecular flexibility index (Phi) is 4.07. The third-order valence-corrected chi connectivity index (χ3v) is 4.86. The maximum atomic E-state index is 3.66. The van der Waals surface area contributed by atoms with Crippen LogP contribution < -0.4 is 5.32 Å². The summed E-state index contributed by atoms with van der Waals surface area (Å²) < 4.78 is 0. The topological polar surface area (TPSA) is 15.3 Å². The minimum Gasteiger partial charge on any atom is -0.383 e. The van der Waals surface area contributed by atoms with Gasteiger partial charge in [-0.25, -0.2) is 0 Å². The summed E-state index contributed by atoms with van der Waals surface area (Å²) in [7, 11) is 0. The van der Waals surface area contributed by atoms with Crippen LogP contribution in [0.25, 0.3) is 0 Å². The highest BCUT2D eigenvalue weighted by atomic mass is 15.2. The number of anilines is 1. The standard InChI is InChI=1S/C17H26N2/c1-14-5-4-11-19(12-10-14)16-9-8-15-6-2-3-7-17(15)18-13-16/h2-3,6-7,14,16,18H,4-5,8-13H2,1H3. The Morgan fingerprint density at radius 3 is 2.95 bits per heavy atom. The van der Waals surface area contributed by atoms with Crippen LogP contribution in [0, 0.1) is 5.92 Å². The first-order chi connectivity index (χ1) is 9.33. The molecule has 1 saturated heterocycles. The Hall–Kier alpha value is -1.02. The molecule has 0 aromatic heterocycles. The van der Waals surface area contributed by atoms with Crippen LogP contribution in [0.15, 0.2) is 24.3 Å². The van der Waals surface area contributed by atoms with E-state index in [4.69, 9.17) is 0 Å². The van der Waals surface area contributed by atoms with Crippen LogP contribution in [0.4, 0.5) is 5.69 Å². The first kappa shape index (κ1) is 13.0. The van der Waals surface area contributed by atoms with Crippen LogP contribution in [0.2, 0.25) is 0 Å². The van der Waals surface area contributed by atoms with E-state index in [0.717, 1.165) is 18.5 Å². The molecule has 104 valence electrons. The number of hydrogen-bond donors (Lipinski definition) is 1. The van der Waals surface area contributed by atoms with Gasteiger partial charge >= 0.3 is 0 Å². The molecule has 0 radical (unpaired) electrons. The second kappa shape index (κ2) is 5.96. The number of nitrogens with zero attached hydrogens (tertiary/aromatic N) is 1. The number of nitrogens with one attached hydrogen (secondary N) is 1. The SMILES string of the molecule is CC1CCCN(C2CCc3ccccc3NC2)CC1. The summed E-state index contributed by atoms with van der Waals surface area (Å²) in [5.74, 6) is 0.918. The van der Waals surface area contributed by atoms with E-state index in [1.54, 1.807) is 0 Å². The highest BCUT2D eigenvalue weighted by Crippen LogP contribution is 2.25. The lowest BCUT2D eigenvalue weighted by atomic mass is 10.0. The van der Waals surface area contributed by atoms with Gasteiger partial charge in [0.2, 0.25) is 0 Å². The van der Waals surface area contributed by atoms with Gasteiger partial charge in [0.1, 0.15) is 0 Å². The van der Waals surface area contributed by atoms with Gasteiger partial charge in [-0.2, -0.15) is 0 Å². The smallest absolute Gasteiger partial charge is 0.0373 e. The van der Waals surface area contributed by atoms with Crippen molar-refractivity contribution in [3.63, 3.8) is 0 Å². The van der Waals surface area contributed by atoms with Gasteiger partial charge in [0, 0.05) is 18.3 Å². The summed E-state index contributed by atoms with van der Waals surface area (Å²) in [5, 5.41) is 3.66. The molecule has 1 N–H and O–H groups in total. The van der Waals surface area contributed by atoms with Crippen molar-refractivity contribution in [1.82, 2.24) is 4.90 Å². The van der Waals surface area contributed by atoms with Gasteiger partial charge in [-0.05, 0) is 62.7 Å². The highest BCUT2D eigenvalue weighted by molar-refractivity contribution is 5.52. The lowest BCUT2D eigenvalue weighted by Crippen LogP contribution is -2.40. The van der Waals surface area contributed by atoms with E-state index in [9.17, 15) is 0 Å². The number of rotatable bonds is 1. The molecule has 2 heteroatoms. The molecular weight excluding hydrogens is 232 g/mol. The van der Waals surface area contributed by atoms with Gasteiger partial charge in [-0.1, -0.05) is 25.1 Å². The first-order valence-corrected chi connectivity index (χ1v) is 7.89. The van der Waals surface area contributed by atoms with Crippen molar-refractivity contribution in [2.24, 2.45) is 5.92 Å². The van der Waals surface area contributed by atoms with Crippen molar-refractivity contribution in [2.75, 3.05) is 25.0 Å². The minimum absolute atomic E-state index is 0.720. The van der Waals surface area contributed by atoms with Crippen molar-refractivity contribution >= 4 is 5.69 Å². The minimum atomic E-state index is 0.720. The number of likely N-dealkylation sites (tertiary alicyclic amines) is 1. The lowest BCUT2D eigenvalue weighted by Gasteiger charge is -2.29. The predicted octanol–water partition coefficient (Wildman–Crippen LogP) is 3.54. The number of fused-ring (bicyclic) bond motifs is 1. The van der Waals surface area contributed by atoms with E-state index in [-0.39, 0.29) is 0 Å². The summed E-state index contributed by atoms with van der Waals surface area (Å²) in [5.41, 5.74) is 2.85. The maximum absolute atomic E-state index is 3.66. The molecule has 2 atom stereocenters. The van der Waals surface area contributed by atoms with Crippen molar-refractivity contribution in [3.8, 4) is 0 Å². The van der Waals surface area contributed by atoms with Gasteiger partial charge in [0.05, 0.1) is 0 Å². The van der Waals surface area contributed by atoms with E-state index in [0.29, 0.717) is 0 Å². The van der Waals surface area contributed by atoms with Gasteiger partial charge in [0.15, 0.2) is 0 Å².